The highest BCUT2D eigenvalue weighted by atomic mass is 32.2. The second-order valence-corrected chi connectivity index (χ2v) is 9.22. The standard InChI is InChI=1S/C22H30N2O4S/c1-17-11-13-20(14-12-17)28-16-19(3)23-22(25)10-7-15-24(29(4,26)27)21-9-6-5-8-18(21)2/h5-6,8-9,11-14,19H,7,10,15-16H2,1-4H3,(H,23,25)/t19-/m1/s1. The van der Waals surface area contributed by atoms with E-state index in [-0.39, 0.29) is 24.9 Å². The summed E-state index contributed by atoms with van der Waals surface area (Å²) < 4.78 is 31.4. The van der Waals surface area contributed by atoms with Crippen molar-refractivity contribution in [3.8, 4) is 5.75 Å². The van der Waals surface area contributed by atoms with Gasteiger partial charge in [-0.25, -0.2) is 8.42 Å². The number of hydrogen-bond donors (Lipinski definition) is 1. The molecule has 0 aromatic heterocycles. The maximum Gasteiger partial charge on any atom is 0.232 e. The lowest BCUT2D eigenvalue weighted by Gasteiger charge is -2.24. The van der Waals surface area contributed by atoms with Gasteiger partial charge >= 0.3 is 0 Å². The average Bonchev–Trinajstić information content (AvgIpc) is 2.65. The number of carbonyl (C=O) groups is 1. The number of anilines is 1. The molecule has 1 N–H and O–H groups in total. The number of aryl methyl sites for hydroxylation is 2. The Morgan fingerprint density at radius 2 is 1.76 bits per heavy atom. The predicted octanol–water partition coefficient (Wildman–Crippen LogP) is 3.43. The molecule has 0 heterocycles. The number of ether oxygens (including phenoxy) is 1. The maximum absolute atomic E-state index is 12.2. The Hall–Kier alpha value is -2.54. The van der Waals surface area contributed by atoms with Crippen molar-refractivity contribution in [3.05, 3.63) is 59.7 Å². The molecule has 158 valence electrons. The monoisotopic (exact) mass is 418 g/mol. The maximum atomic E-state index is 12.2. The van der Waals surface area contributed by atoms with Crippen molar-refractivity contribution in [1.29, 1.82) is 0 Å². The van der Waals surface area contributed by atoms with Crippen LogP contribution < -0.4 is 14.4 Å². The molecule has 0 spiro atoms. The van der Waals surface area contributed by atoms with Crippen LogP contribution in [0.3, 0.4) is 0 Å². The van der Waals surface area contributed by atoms with Crippen LogP contribution in [0.15, 0.2) is 48.5 Å². The number of hydrogen-bond acceptors (Lipinski definition) is 4. The van der Waals surface area contributed by atoms with Gasteiger partial charge < -0.3 is 10.1 Å². The molecule has 7 heteroatoms. The van der Waals surface area contributed by atoms with Crippen molar-refractivity contribution < 1.29 is 17.9 Å². The van der Waals surface area contributed by atoms with Crippen LogP contribution in [0.5, 0.6) is 5.75 Å². The van der Waals surface area contributed by atoms with E-state index in [9.17, 15) is 13.2 Å². The highest BCUT2D eigenvalue weighted by molar-refractivity contribution is 7.92. The predicted molar refractivity (Wildman–Crippen MR) is 117 cm³/mol. The summed E-state index contributed by atoms with van der Waals surface area (Å²) in [5, 5.41) is 2.89. The molecule has 6 nitrogen and oxygen atoms in total. The quantitative estimate of drug-likeness (QED) is 0.641. The molecule has 0 saturated heterocycles. The van der Waals surface area contributed by atoms with E-state index >= 15 is 0 Å². The van der Waals surface area contributed by atoms with Crippen molar-refractivity contribution in [1.82, 2.24) is 5.32 Å². The summed E-state index contributed by atoms with van der Waals surface area (Å²) in [5.74, 6) is 0.641. The molecule has 2 aromatic rings. The lowest BCUT2D eigenvalue weighted by atomic mass is 10.2. The van der Waals surface area contributed by atoms with Crippen molar-refractivity contribution in [2.45, 2.75) is 39.7 Å². The number of rotatable bonds is 10. The van der Waals surface area contributed by atoms with Crippen molar-refractivity contribution in [2.75, 3.05) is 23.7 Å². The third kappa shape index (κ3) is 7.42. The van der Waals surface area contributed by atoms with E-state index in [1.807, 2.05) is 63.2 Å². The number of amides is 1. The Bertz CT molecular complexity index is 911. The molecule has 0 aliphatic carbocycles. The van der Waals surface area contributed by atoms with E-state index in [0.29, 0.717) is 18.7 Å². The Labute approximate surface area is 173 Å². The molecule has 0 saturated carbocycles. The van der Waals surface area contributed by atoms with Gasteiger partial charge in [-0.2, -0.15) is 0 Å². The van der Waals surface area contributed by atoms with Crippen LogP contribution in [-0.2, 0) is 14.8 Å². The van der Waals surface area contributed by atoms with Gasteiger partial charge in [0.2, 0.25) is 15.9 Å². The van der Waals surface area contributed by atoms with E-state index in [4.69, 9.17) is 4.74 Å². The molecular formula is C22H30N2O4S. The van der Waals surface area contributed by atoms with Gasteiger partial charge in [-0.1, -0.05) is 35.9 Å². The van der Waals surface area contributed by atoms with E-state index in [2.05, 4.69) is 5.32 Å². The first-order chi connectivity index (χ1) is 13.7. The highest BCUT2D eigenvalue weighted by Crippen LogP contribution is 2.22. The largest absolute Gasteiger partial charge is 0.491 e. The summed E-state index contributed by atoms with van der Waals surface area (Å²) in [6.45, 7) is 6.38. The van der Waals surface area contributed by atoms with E-state index < -0.39 is 10.0 Å². The molecular weight excluding hydrogens is 388 g/mol. The van der Waals surface area contributed by atoms with Crippen LogP contribution in [0.1, 0.15) is 30.9 Å². The van der Waals surface area contributed by atoms with Crippen LogP contribution in [0.4, 0.5) is 5.69 Å². The second-order valence-electron chi connectivity index (χ2n) is 7.32. The van der Waals surface area contributed by atoms with Gasteiger partial charge in [-0.15, -0.1) is 0 Å². The Morgan fingerprint density at radius 1 is 1.10 bits per heavy atom. The molecule has 1 amide bonds. The number of nitrogens with zero attached hydrogens (tertiary/aromatic N) is 1. The van der Waals surface area contributed by atoms with Crippen molar-refractivity contribution in [3.63, 3.8) is 0 Å². The van der Waals surface area contributed by atoms with Gasteiger partial charge in [-0.05, 0) is 51.0 Å². The fourth-order valence-corrected chi connectivity index (χ4v) is 3.96. The summed E-state index contributed by atoms with van der Waals surface area (Å²) in [4.78, 5) is 12.2. The number of benzene rings is 2. The number of para-hydroxylation sites is 1. The smallest absolute Gasteiger partial charge is 0.232 e. The molecule has 1 atom stereocenters. The number of nitrogens with one attached hydrogen (secondary N) is 1. The van der Waals surface area contributed by atoms with Crippen LogP contribution in [-0.4, -0.2) is 39.8 Å². The lowest BCUT2D eigenvalue weighted by molar-refractivity contribution is -0.121. The van der Waals surface area contributed by atoms with Crippen LogP contribution in [0.2, 0.25) is 0 Å². The van der Waals surface area contributed by atoms with Gasteiger partial charge in [-0.3, -0.25) is 9.10 Å². The second kappa shape index (κ2) is 10.3. The fraction of sp³-hybridized carbons (Fsp3) is 0.409. The molecule has 0 aliphatic rings. The van der Waals surface area contributed by atoms with E-state index in [1.165, 1.54) is 10.6 Å². The minimum atomic E-state index is -3.42. The van der Waals surface area contributed by atoms with Crippen LogP contribution in [0, 0.1) is 13.8 Å². The van der Waals surface area contributed by atoms with Gasteiger partial charge in [0.1, 0.15) is 12.4 Å². The normalized spacial score (nSPS) is 12.3. The molecule has 0 bridgehead atoms. The molecule has 0 radical (unpaired) electrons. The topological polar surface area (TPSA) is 75.7 Å². The lowest BCUT2D eigenvalue weighted by Crippen LogP contribution is -2.37. The fourth-order valence-electron chi connectivity index (χ4n) is 2.94. The van der Waals surface area contributed by atoms with Crippen LogP contribution in [0.25, 0.3) is 0 Å². The number of carbonyl (C=O) groups excluding carboxylic acids is 1. The van der Waals surface area contributed by atoms with Crippen molar-refractivity contribution >= 4 is 21.6 Å². The van der Waals surface area contributed by atoms with Gasteiger partial charge in [0, 0.05) is 13.0 Å². The summed E-state index contributed by atoms with van der Waals surface area (Å²) in [6, 6.07) is 14.9. The summed E-state index contributed by atoms with van der Waals surface area (Å²) >= 11 is 0. The van der Waals surface area contributed by atoms with Crippen LogP contribution >= 0.6 is 0 Å². The molecule has 2 aromatic carbocycles. The SMILES string of the molecule is Cc1ccc(OC[C@@H](C)NC(=O)CCCN(c2ccccc2C)S(C)(=O)=O)cc1. The van der Waals surface area contributed by atoms with Gasteiger partial charge in [0.05, 0.1) is 18.0 Å². The third-order valence-electron chi connectivity index (χ3n) is 4.48. The Kier molecular flexibility index (Phi) is 8.08. The number of sulfonamides is 1. The minimum Gasteiger partial charge on any atom is -0.491 e. The Morgan fingerprint density at radius 3 is 2.38 bits per heavy atom. The molecule has 0 aliphatic heterocycles. The molecule has 0 fully saturated rings. The average molecular weight is 419 g/mol. The first kappa shape index (κ1) is 22.7. The summed E-state index contributed by atoms with van der Waals surface area (Å²) in [7, 11) is -3.42. The van der Waals surface area contributed by atoms with E-state index in [1.54, 1.807) is 6.07 Å². The minimum absolute atomic E-state index is 0.122. The zero-order valence-electron chi connectivity index (χ0n) is 17.5. The first-order valence-electron chi connectivity index (χ1n) is 9.69. The van der Waals surface area contributed by atoms with Gasteiger partial charge in [0.25, 0.3) is 0 Å². The molecule has 0 unspecified atom stereocenters. The third-order valence-corrected chi connectivity index (χ3v) is 5.66. The Balaban J connectivity index is 1.81. The summed E-state index contributed by atoms with van der Waals surface area (Å²) in [5.41, 5.74) is 2.69. The highest BCUT2D eigenvalue weighted by Gasteiger charge is 2.19. The molecule has 2 rings (SSSR count). The van der Waals surface area contributed by atoms with Gasteiger partial charge in [0.15, 0.2) is 0 Å². The zero-order valence-corrected chi connectivity index (χ0v) is 18.3. The first-order valence-corrected chi connectivity index (χ1v) is 11.5. The molecule has 29 heavy (non-hydrogen) atoms. The van der Waals surface area contributed by atoms with Crippen molar-refractivity contribution in [2.24, 2.45) is 0 Å². The van der Waals surface area contributed by atoms with E-state index in [0.717, 1.165) is 16.9 Å². The zero-order chi connectivity index (χ0) is 21.4. The summed E-state index contributed by atoms with van der Waals surface area (Å²) in [6.07, 6.45) is 1.86.